The second-order valence-corrected chi connectivity index (χ2v) is 9.12. The number of rotatable bonds is 5. The molecule has 0 bridgehead atoms. The van der Waals surface area contributed by atoms with Gasteiger partial charge in [-0.2, -0.15) is 0 Å². The second kappa shape index (κ2) is 9.44. The number of carbonyl (C=O) groups excluding carboxylic acids is 1. The van der Waals surface area contributed by atoms with Crippen molar-refractivity contribution in [2.45, 2.75) is 13.3 Å². The van der Waals surface area contributed by atoms with Gasteiger partial charge in [0.05, 0.1) is 11.1 Å². The molecule has 38 heavy (non-hydrogen) atoms. The molecule has 1 aliphatic heterocycles. The van der Waals surface area contributed by atoms with Gasteiger partial charge in [0.1, 0.15) is 23.5 Å². The Morgan fingerprint density at radius 2 is 1.89 bits per heavy atom. The van der Waals surface area contributed by atoms with Crippen molar-refractivity contribution in [3.8, 4) is 34.1 Å². The van der Waals surface area contributed by atoms with Gasteiger partial charge in [-0.25, -0.2) is 19.9 Å². The Balaban J connectivity index is 1.50. The Kier molecular flexibility index (Phi) is 5.80. The molecule has 0 atom stereocenters. The molecule has 6 rings (SSSR count). The van der Waals surface area contributed by atoms with Crippen LogP contribution in [0.4, 0.5) is 11.5 Å². The lowest BCUT2D eigenvalue weighted by Gasteiger charge is -2.18. The summed E-state index contributed by atoms with van der Waals surface area (Å²) in [7, 11) is 2.01. The fourth-order valence-corrected chi connectivity index (χ4v) is 4.83. The van der Waals surface area contributed by atoms with E-state index in [-0.39, 0.29) is 5.91 Å². The number of aryl methyl sites for hydroxylation is 2. The molecule has 1 amide bonds. The standard InChI is InChI=1S/C29H25N7O2/c1-4-23(37)35-20-7-5-18(6-8-20)26-24-22-10-9-21(38-29-31-14-17(2)15-32-29)13-19(22)11-12-30-27-25(24)28(36(26)3)34-16-33-27/h4-10,13-16H,1,11-12H2,2-3H3,(H,35,37)(H,30,33,34). The number of fused-ring (bicyclic) bond motifs is 2. The average Bonchev–Trinajstić information content (AvgIpc) is 3.22. The number of ether oxygens (including phenoxy) is 1. The third kappa shape index (κ3) is 4.13. The van der Waals surface area contributed by atoms with E-state index in [0.29, 0.717) is 24.0 Å². The topological polar surface area (TPSA) is 107 Å². The Morgan fingerprint density at radius 3 is 2.66 bits per heavy atom. The smallest absolute Gasteiger partial charge is 0.321 e. The van der Waals surface area contributed by atoms with E-state index in [1.165, 1.54) is 6.08 Å². The second-order valence-electron chi connectivity index (χ2n) is 9.12. The summed E-state index contributed by atoms with van der Waals surface area (Å²) >= 11 is 0. The van der Waals surface area contributed by atoms with E-state index in [9.17, 15) is 4.79 Å². The molecule has 0 saturated carbocycles. The van der Waals surface area contributed by atoms with E-state index in [0.717, 1.165) is 56.8 Å². The van der Waals surface area contributed by atoms with Crippen LogP contribution in [0.15, 0.2) is 73.8 Å². The Bertz CT molecular complexity index is 1690. The third-order valence-corrected chi connectivity index (χ3v) is 6.58. The highest BCUT2D eigenvalue weighted by Crippen LogP contribution is 2.45. The molecule has 3 aromatic heterocycles. The molecule has 0 saturated heterocycles. The minimum Gasteiger partial charge on any atom is -0.424 e. The lowest BCUT2D eigenvalue weighted by atomic mass is 9.92. The minimum atomic E-state index is -0.251. The Hall–Kier alpha value is -5.05. The van der Waals surface area contributed by atoms with Gasteiger partial charge in [0.2, 0.25) is 5.91 Å². The summed E-state index contributed by atoms with van der Waals surface area (Å²) in [5.74, 6) is 1.23. The maximum absolute atomic E-state index is 11.7. The summed E-state index contributed by atoms with van der Waals surface area (Å²) in [6.07, 6.45) is 7.08. The largest absolute Gasteiger partial charge is 0.424 e. The van der Waals surface area contributed by atoms with E-state index >= 15 is 0 Å². The normalized spacial score (nSPS) is 12.2. The number of hydrogen-bond acceptors (Lipinski definition) is 7. The van der Waals surface area contributed by atoms with E-state index in [4.69, 9.17) is 4.74 Å². The molecule has 0 radical (unpaired) electrons. The monoisotopic (exact) mass is 503 g/mol. The minimum absolute atomic E-state index is 0.251. The number of anilines is 2. The van der Waals surface area contributed by atoms with E-state index in [1.54, 1.807) is 18.7 Å². The van der Waals surface area contributed by atoms with Crippen molar-refractivity contribution in [1.82, 2.24) is 24.5 Å². The highest BCUT2D eigenvalue weighted by Gasteiger charge is 2.26. The molecule has 0 aliphatic carbocycles. The van der Waals surface area contributed by atoms with E-state index in [1.807, 2.05) is 50.4 Å². The molecule has 0 spiro atoms. The van der Waals surface area contributed by atoms with Crippen molar-refractivity contribution in [2.24, 2.45) is 7.05 Å². The summed E-state index contributed by atoms with van der Waals surface area (Å²) in [6, 6.07) is 14.1. The van der Waals surface area contributed by atoms with Crippen molar-refractivity contribution < 1.29 is 9.53 Å². The van der Waals surface area contributed by atoms with Gasteiger partial charge in [0.25, 0.3) is 0 Å². The van der Waals surface area contributed by atoms with Crippen LogP contribution in [0.3, 0.4) is 0 Å². The molecule has 9 heteroatoms. The molecule has 0 fully saturated rings. The summed E-state index contributed by atoms with van der Waals surface area (Å²) in [4.78, 5) is 29.5. The summed E-state index contributed by atoms with van der Waals surface area (Å²) in [6.45, 7) is 6.17. The molecule has 188 valence electrons. The highest BCUT2D eigenvalue weighted by atomic mass is 16.5. The van der Waals surface area contributed by atoms with Gasteiger partial charge in [0, 0.05) is 37.2 Å². The molecular weight excluding hydrogens is 478 g/mol. The molecule has 4 heterocycles. The maximum Gasteiger partial charge on any atom is 0.321 e. The first-order valence-electron chi connectivity index (χ1n) is 12.2. The van der Waals surface area contributed by atoms with Gasteiger partial charge in [-0.05, 0) is 65.9 Å². The first-order chi connectivity index (χ1) is 18.5. The SMILES string of the molecule is C=CC(=O)Nc1ccc(-c2c3c4c(ncnc4n2C)NCCc2cc(Oc4ncc(C)cn4)ccc2-3)cc1. The highest BCUT2D eigenvalue weighted by molar-refractivity contribution is 6.09. The van der Waals surface area contributed by atoms with E-state index < -0.39 is 0 Å². The van der Waals surface area contributed by atoms with Crippen molar-refractivity contribution in [3.05, 3.63) is 85.0 Å². The zero-order valence-electron chi connectivity index (χ0n) is 21.0. The van der Waals surface area contributed by atoms with Crippen molar-refractivity contribution in [3.63, 3.8) is 0 Å². The van der Waals surface area contributed by atoms with E-state index in [2.05, 4.69) is 47.8 Å². The van der Waals surface area contributed by atoms with Crippen LogP contribution in [0.2, 0.25) is 0 Å². The van der Waals surface area contributed by atoms with Crippen LogP contribution in [0, 0.1) is 6.92 Å². The molecule has 5 aromatic rings. The molecule has 0 unspecified atom stereocenters. The predicted octanol–water partition coefficient (Wildman–Crippen LogP) is 5.29. The first kappa shape index (κ1) is 23.4. The predicted molar refractivity (Wildman–Crippen MR) is 147 cm³/mol. The number of aromatic nitrogens is 5. The zero-order valence-corrected chi connectivity index (χ0v) is 21.0. The van der Waals surface area contributed by atoms with Crippen LogP contribution in [-0.2, 0) is 18.3 Å². The van der Waals surface area contributed by atoms with Crippen LogP contribution in [0.25, 0.3) is 33.4 Å². The number of nitrogens with one attached hydrogen (secondary N) is 2. The van der Waals surface area contributed by atoms with Crippen molar-refractivity contribution in [1.29, 1.82) is 0 Å². The number of benzene rings is 2. The fourth-order valence-electron chi connectivity index (χ4n) is 4.83. The van der Waals surface area contributed by atoms with Crippen LogP contribution in [-0.4, -0.2) is 37.0 Å². The summed E-state index contributed by atoms with van der Waals surface area (Å²) in [5.41, 5.74) is 7.75. The molecular formula is C29H25N7O2. The number of amides is 1. The van der Waals surface area contributed by atoms with Crippen LogP contribution in [0.1, 0.15) is 11.1 Å². The zero-order chi connectivity index (χ0) is 26.2. The molecule has 2 aromatic carbocycles. The summed E-state index contributed by atoms with van der Waals surface area (Å²) < 4.78 is 8.07. The average molecular weight is 504 g/mol. The molecule has 2 N–H and O–H groups in total. The Morgan fingerprint density at radius 1 is 1.11 bits per heavy atom. The van der Waals surface area contributed by atoms with Gasteiger partial charge < -0.3 is 19.9 Å². The van der Waals surface area contributed by atoms with Crippen molar-refractivity contribution >= 4 is 28.4 Å². The van der Waals surface area contributed by atoms with Crippen LogP contribution < -0.4 is 15.4 Å². The van der Waals surface area contributed by atoms with Gasteiger partial charge >= 0.3 is 6.01 Å². The van der Waals surface area contributed by atoms with Gasteiger partial charge in [0.15, 0.2) is 0 Å². The van der Waals surface area contributed by atoms with Crippen LogP contribution >= 0.6 is 0 Å². The van der Waals surface area contributed by atoms with Gasteiger partial charge in [-0.15, -0.1) is 0 Å². The third-order valence-electron chi connectivity index (χ3n) is 6.58. The van der Waals surface area contributed by atoms with Gasteiger partial charge in [-0.1, -0.05) is 24.8 Å². The molecule has 9 nitrogen and oxygen atoms in total. The van der Waals surface area contributed by atoms with Crippen molar-refractivity contribution in [2.75, 3.05) is 17.2 Å². The first-order valence-corrected chi connectivity index (χ1v) is 12.2. The quantitative estimate of drug-likeness (QED) is 0.314. The molecule has 1 aliphatic rings. The Labute approximate surface area is 219 Å². The summed E-state index contributed by atoms with van der Waals surface area (Å²) in [5, 5.41) is 7.25. The van der Waals surface area contributed by atoms with Gasteiger partial charge in [-0.3, -0.25) is 4.79 Å². The number of hydrogen-bond donors (Lipinski definition) is 2. The number of nitrogens with zero attached hydrogens (tertiary/aromatic N) is 5. The fraction of sp³-hybridized carbons (Fsp3) is 0.138. The number of carbonyl (C=O) groups is 1. The van der Waals surface area contributed by atoms with Crippen LogP contribution in [0.5, 0.6) is 11.8 Å². The lowest BCUT2D eigenvalue weighted by molar-refractivity contribution is -0.111. The lowest BCUT2D eigenvalue weighted by Crippen LogP contribution is -2.10. The maximum atomic E-state index is 11.7.